The van der Waals surface area contributed by atoms with Crippen LogP contribution in [0.1, 0.15) is 31.5 Å². The molecule has 5 nitrogen and oxygen atoms in total. The summed E-state index contributed by atoms with van der Waals surface area (Å²) in [6.07, 6.45) is 0. The fraction of sp³-hybridized carbons (Fsp3) is 0.385. The zero-order chi connectivity index (χ0) is 13.8. The molecule has 0 amide bonds. The predicted molar refractivity (Wildman–Crippen MR) is 75.4 cm³/mol. The van der Waals surface area contributed by atoms with Crippen LogP contribution in [0.2, 0.25) is 0 Å². The van der Waals surface area contributed by atoms with Gasteiger partial charge in [0.05, 0.1) is 12.9 Å². The van der Waals surface area contributed by atoms with Crippen LogP contribution in [0.4, 0.5) is 5.69 Å². The maximum absolute atomic E-state index is 5.92. The van der Waals surface area contributed by atoms with Gasteiger partial charge in [-0.15, -0.1) is 11.8 Å². The van der Waals surface area contributed by atoms with Crippen molar-refractivity contribution in [2.45, 2.75) is 30.4 Å². The van der Waals surface area contributed by atoms with E-state index in [0.717, 1.165) is 22.2 Å². The number of nitrogens with zero attached hydrogens (tertiary/aromatic N) is 2. The minimum Gasteiger partial charge on any atom is -0.497 e. The molecule has 2 aromatic rings. The van der Waals surface area contributed by atoms with E-state index >= 15 is 0 Å². The van der Waals surface area contributed by atoms with Crippen molar-refractivity contribution in [2.24, 2.45) is 0 Å². The van der Waals surface area contributed by atoms with Crippen molar-refractivity contribution in [1.82, 2.24) is 10.1 Å². The van der Waals surface area contributed by atoms with E-state index in [1.807, 2.05) is 32.0 Å². The third-order valence-electron chi connectivity index (χ3n) is 2.57. The second kappa shape index (κ2) is 5.97. The number of anilines is 1. The number of hydrogen-bond acceptors (Lipinski definition) is 6. The summed E-state index contributed by atoms with van der Waals surface area (Å²) in [6.45, 7) is 4.06. The lowest BCUT2D eigenvalue weighted by molar-refractivity contribution is 0.383. The molecule has 0 unspecified atom stereocenters. The third-order valence-corrected chi connectivity index (χ3v) is 3.63. The van der Waals surface area contributed by atoms with Gasteiger partial charge in [0.2, 0.25) is 5.89 Å². The molecule has 1 aromatic heterocycles. The molecular weight excluding hydrogens is 262 g/mol. The van der Waals surface area contributed by atoms with E-state index in [-0.39, 0.29) is 5.92 Å². The Hall–Kier alpha value is -1.69. The normalized spacial score (nSPS) is 10.9. The Bertz CT molecular complexity index is 555. The van der Waals surface area contributed by atoms with Crippen LogP contribution in [0.15, 0.2) is 27.6 Å². The van der Waals surface area contributed by atoms with Gasteiger partial charge in [0.25, 0.3) is 0 Å². The van der Waals surface area contributed by atoms with E-state index in [1.54, 1.807) is 18.9 Å². The average Bonchev–Trinajstić information content (AvgIpc) is 2.87. The lowest BCUT2D eigenvalue weighted by Gasteiger charge is -2.06. The molecule has 2 rings (SSSR count). The van der Waals surface area contributed by atoms with Crippen molar-refractivity contribution in [3.05, 3.63) is 29.9 Å². The molecule has 0 radical (unpaired) electrons. The highest BCUT2D eigenvalue weighted by molar-refractivity contribution is 7.98. The van der Waals surface area contributed by atoms with E-state index in [0.29, 0.717) is 11.6 Å². The first-order chi connectivity index (χ1) is 9.10. The summed E-state index contributed by atoms with van der Waals surface area (Å²) in [5, 5.41) is 3.93. The van der Waals surface area contributed by atoms with Crippen LogP contribution in [0.25, 0.3) is 0 Å². The summed E-state index contributed by atoms with van der Waals surface area (Å²) in [7, 11) is 1.63. The maximum Gasteiger partial charge on any atom is 0.237 e. The molecule has 0 aliphatic carbocycles. The Morgan fingerprint density at radius 3 is 2.84 bits per heavy atom. The van der Waals surface area contributed by atoms with Crippen LogP contribution in [-0.4, -0.2) is 17.3 Å². The van der Waals surface area contributed by atoms with E-state index in [2.05, 4.69) is 10.1 Å². The first-order valence-electron chi connectivity index (χ1n) is 5.99. The van der Waals surface area contributed by atoms with Gasteiger partial charge in [-0.2, -0.15) is 4.98 Å². The number of nitrogen functional groups attached to an aromatic ring is 1. The van der Waals surface area contributed by atoms with Crippen molar-refractivity contribution in [1.29, 1.82) is 0 Å². The summed E-state index contributed by atoms with van der Waals surface area (Å²) < 4.78 is 10.4. The Morgan fingerprint density at radius 2 is 2.21 bits per heavy atom. The molecule has 1 aromatic carbocycles. The van der Waals surface area contributed by atoms with E-state index < -0.39 is 0 Å². The van der Waals surface area contributed by atoms with Crippen LogP contribution in [0.5, 0.6) is 5.75 Å². The Morgan fingerprint density at radius 1 is 1.42 bits per heavy atom. The molecule has 19 heavy (non-hydrogen) atoms. The van der Waals surface area contributed by atoms with Gasteiger partial charge in [-0.1, -0.05) is 19.0 Å². The molecule has 0 saturated heterocycles. The quantitative estimate of drug-likeness (QED) is 0.669. The number of hydrogen-bond donors (Lipinski definition) is 1. The van der Waals surface area contributed by atoms with Gasteiger partial charge in [0, 0.05) is 16.5 Å². The number of methoxy groups -OCH3 is 1. The van der Waals surface area contributed by atoms with Gasteiger partial charge >= 0.3 is 0 Å². The SMILES string of the molecule is COc1ccc(N)c(SCc2nc(C(C)C)no2)c1. The molecule has 0 spiro atoms. The lowest BCUT2D eigenvalue weighted by atomic mass is 10.2. The number of benzene rings is 1. The van der Waals surface area contributed by atoms with Gasteiger partial charge in [-0.3, -0.25) is 0 Å². The number of ether oxygens (including phenoxy) is 1. The van der Waals surface area contributed by atoms with Gasteiger partial charge < -0.3 is 15.0 Å². The number of thioether (sulfide) groups is 1. The number of rotatable bonds is 5. The highest BCUT2D eigenvalue weighted by Crippen LogP contribution is 2.31. The van der Waals surface area contributed by atoms with Crippen LogP contribution < -0.4 is 10.5 Å². The predicted octanol–water partition coefficient (Wildman–Crippen LogP) is 3.08. The molecule has 102 valence electrons. The number of nitrogens with two attached hydrogens (primary N) is 1. The molecular formula is C13H17N3O2S. The molecule has 0 bridgehead atoms. The standard InChI is InChI=1S/C13H17N3O2S/c1-8(2)13-15-12(18-16-13)7-19-11-6-9(17-3)4-5-10(11)14/h4-6,8H,7,14H2,1-3H3. The summed E-state index contributed by atoms with van der Waals surface area (Å²) in [5.74, 6) is 2.98. The van der Waals surface area contributed by atoms with Crippen LogP contribution in [0, 0.1) is 0 Å². The van der Waals surface area contributed by atoms with Gasteiger partial charge in [0.15, 0.2) is 5.82 Å². The van der Waals surface area contributed by atoms with Gasteiger partial charge in [-0.25, -0.2) is 0 Å². The maximum atomic E-state index is 5.92. The molecule has 6 heteroatoms. The first-order valence-corrected chi connectivity index (χ1v) is 6.97. The Kier molecular flexibility index (Phi) is 4.31. The highest BCUT2D eigenvalue weighted by Gasteiger charge is 2.11. The average molecular weight is 279 g/mol. The molecule has 0 atom stereocenters. The molecule has 0 aliphatic rings. The Labute approximate surface area is 116 Å². The third kappa shape index (κ3) is 3.41. The summed E-state index contributed by atoms with van der Waals surface area (Å²) in [5.41, 5.74) is 6.64. The summed E-state index contributed by atoms with van der Waals surface area (Å²) in [6, 6.07) is 5.57. The van der Waals surface area contributed by atoms with Crippen LogP contribution in [0.3, 0.4) is 0 Å². The molecule has 0 saturated carbocycles. The zero-order valence-electron chi connectivity index (χ0n) is 11.2. The van der Waals surface area contributed by atoms with Crippen molar-refractivity contribution in [3.63, 3.8) is 0 Å². The first kappa shape index (κ1) is 13.7. The molecule has 2 N–H and O–H groups in total. The largest absolute Gasteiger partial charge is 0.497 e. The monoisotopic (exact) mass is 279 g/mol. The van der Waals surface area contributed by atoms with Gasteiger partial charge in [0.1, 0.15) is 5.75 Å². The molecule has 0 fully saturated rings. The summed E-state index contributed by atoms with van der Waals surface area (Å²) in [4.78, 5) is 5.27. The van der Waals surface area contributed by atoms with Crippen molar-refractivity contribution in [2.75, 3.05) is 12.8 Å². The van der Waals surface area contributed by atoms with E-state index in [1.165, 1.54) is 0 Å². The van der Waals surface area contributed by atoms with Crippen molar-refractivity contribution < 1.29 is 9.26 Å². The van der Waals surface area contributed by atoms with E-state index in [4.69, 9.17) is 15.0 Å². The second-order valence-corrected chi connectivity index (χ2v) is 5.41. The second-order valence-electron chi connectivity index (χ2n) is 4.39. The minimum atomic E-state index is 0.268. The molecule has 1 heterocycles. The fourth-order valence-electron chi connectivity index (χ4n) is 1.47. The van der Waals surface area contributed by atoms with E-state index in [9.17, 15) is 0 Å². The molecule has 0 aliphatic heterocycles. The Balaban J connectivity index is 2.05. The van der Waals surface area contributed by atoms with Gasteiger partial charge in [-0.05, 0) is 18.2 Å². The van der Waals surface area contributed by atoms with Crippen LogP contribution in [-0.2, 0) is 5.75 Å². The van der Waals surface area contributed by atoms with Crippen LogP contribution >= 0.6 is 11.8 Å². The fourth-order valence-corrected chi connectivity index (χ4v) is 2.30. The lowest BCUT2D eigenvalue weighted by Crippen LogP contribution is -1.92. The van der Waals surface area contributed by atoms with Crippen molar-refractivity contribution in [3.8, 4) is 5.75 Å². The number of aromatic nitrogens is 2. The smallest absolute Gasteiger partial charge is 0.237 e. The van der Waals surface area contributed by atoms with Crippen molar-refractivity contribution >= 4 is 17.4 Å². The summed E-state index contributed by atoms with van der Waals surface area (Å²) >= 11 is 1.55. The highest BCUT2D eigenvalue weighted by atomic mass is 32.2. The zero-order valence-corrected chi connectivity index (χ0v) is 12.0. The minimum absolute atomic E-state index is 0.268. The topological polar surface area (TPSA) is 74.2 Å².